The third-order valence-electron chi connectivity index (χ3n) is 5.82. The number of ketones is 1. The molecule has 37 heavy (non-hydrogen) atoms. The Morgan fingerprint density at radius 2 is 1.65 bits per heavy atom. The predicted molar refractivity (Wildman–Crippen MR) is 145 cm³/mol. The van der Waals surface area contributed by atoms with Crippen LogP contribution in [0.4, 0.5) is 4.79 Å². The van der Waals surface area contributed by atoms with Gasteiger partial charge in [-0.05, 0) is 85.7 Å². The molecule has 7 heteroatoms. The fourth-order valence-corrected chi connectivity index (χ4v) is 4.05. The highest BCUT2D eigenvalue weighted by Crippen LogP contribution is 2.40. The molecule has 3 rings (SSSR count). The molecule has 1 aliphatic heterocycles. The standard InChI is InChI=1S/C30H39NO6/c1-9-31(10-2)29(33)36-28-23(13-14-26-24(28)15-16-30(7,8)37-26)25(32)17-21-11-12-22(34-19(3)4)18-27(21)35-20(5)6/h11-16,18-20H,9-10,17H2,1-8H3. The molecule has 0 atom stereocenters. The maximum absolute atomic E-state index is 13.7. The van der Waals surface area contributed by atoms with Gasteiger partial charge in [0.1, 0.15) is 22.8 Å². The number of nitrogens with zero attached hydrogens (tertiary/aromatic N) is 1. The Labute approximate surface area is 220 Å². The van der Waals surface area contributed by atoms with E-state index in [1.807, 2.05) is 85.7 Å². The second-order valence-electron chi connectivity index (χ2n) is 10.1. The monoisotopic (exact) mass is 509 g/mol. The zero-order chi connectivity index (χ0) is 27.3. The summed E-state index contributed by atoms with van der Waals surface area (Å²) >= 11 is 0. The topological polar surface area (TPSA) is 74.3 Å². The molecule has 1 heterocycles. The Morgan fingerprint density at radius 3 is 2.27 bits per heavy atom. The van der Waals surface area contributed by atoms with Crippen molar-refractivity contribution in [2.45, 2.75) is 79.6 Å². The summed E-state index contributed by atoms with van der Waals surface area (Å²) in [5.74, 6) is 1.83. The van der Waals surface area contributed by atoms with E-state index in [1.165, 1.54) is 0 Å². The van der Waals surface area contributed by atoms with Gasteiger partial charge in [-0.2, -0.15) is 0 Å². The van der Waals surface area contributed by atoms with E-state index in [0.29, 0.717) is 41.5 Å². The van der Waals surface area contributed by atoms with Gasteiger partial charge in [-0.25, -0.2) is 4.79 Å². The molecular weight excluding hydrogens is 470 g/mol. The minimum atomic E-state index is -0.512. The van der Waals surface area contributed by atoms with E-state index in [1.54, 1.807) is 17.0 Å². The van der Waals surface area contributed by atoms with Crippen molar-refractivity contribution in [1.29, 1.82) is 0 Å². The van der Waals surface area contributed by atoms with E-state index in [0.717, 1.165) is 5.56 Å². The molecule has 200 valence electrons. The molecule has 0 aromatic heterocycles. The minimum absolute atomic E-state index is 0.0122. The average Bonchev–Trinajstić information content (AvgIpc) is 2.80. The second kappa shape index (κ2) is 11.7. The first kappa shape index (κ1) is 28.1. The van der Waals surface area contributed by atoms with Crippen LogP contribution in [-0.2, 0) is 6.42 Å². The van der Waals surface area contributed by atoms with E-state index in [-0.39, 0.29) is 30.2 Å². The summed E-state index contributed by atoms with van der Waals surface area (Å²) in [5, 5.41) is 0. The van der Waals surface area contributed by atoms with E-state index in [4.69, 9.17) is 18.9 Å². The van der Waals surface area contributed by atoms with Gasteiger partial charge in [-0.15, -0.1) is 0 Å². The normalized spacial score (nSPS) is 13.7. The van der Waals surface area contributed by atoms with Crippen LogP contribution in [0.1, 0.15) is 76.9 Å². The van der Waals surface area contributed by atoms with Crippen molar-refractivity contribution in [3.05, 3.63) is 53.1 Å². The second-order valence-corrected chi connectivity index (χ2v) is 10.1. The van der Waals surface area contributed by atoms with Crippen LogP contribution < -0.4 is 18.9 Å². The van der Waals surface area contributed by atoms with Gasteiger partial charge in [0.15, 0.2) is 11.5 Å². The molecule has 0 saturated heterocycles. The molecule has 0 aliphatic carbocycles. The van der Waals surface area contributed by atoms with Crippen molar-refractivity contribution in [3.8, 4) is 23.0 Å². The lowest BCUT2D eigenvalue weighted by atomic mass is 9.95. The molecule has 7 nitrogen and oxygen atoms in total. The SMILES string of the molecule is CCN(CC)C(=O)Oc1c(C(=O)Cc2ccc(OC(C)C)cc2OC(C)C)ccc2c1C=CC(C)(C)O2. The molecule has 2 aromatic rings. The molecule has 1 amide bonds. The molecule has 0 spiro atoms. The van der Waals surface area contributed by atoms with E-state index < -0.39 is 11.7 Å². The van der Waals surface area contributed by atoms with Gasteiger partial charge < -0.3 is 23.8 Å². The van der Waals surface area contributed by atoms with Crippen molar-refractivity contribution >= 4 is 18.0 Å². The fourth-order valence-electron chi connectivity index (χ4n) is 4.05. The third kappa shape index (κ3) is 7.06. The number of ether oxygens (including phenoxy) is 4. The lowest BCUT2D eigenvalue weighted by Gasteiger charge is -2.29. The maximum atomic E-state index is 13.7. The Hall–Kier alpha value is -3.48. The number of benzene rings is 2. The summed E-state index contributed by atoms with van der Waals surface area (Å²) in [5.41, 5.74) is 1.10. The number of carbonyl (C=O) groups excluding carboxylic acids is 2. The maximum Gasteiger partial charge on any atom is 0.415 e. The van der Waals surface area contributed by atoms with Crippen molar-refractivity contribution in [3.63, 3.8) is 0 Å². The predicted octanol–water partition coefficient (Wildman–Crippen LogP) is 6.71. The van der Waals surface area contributed by atoms with E-state index >= 15 is 0 Å². The smallest absolute Gasteiger partial charge is 0.415 e. The van der Waals surface area contributed by atoms with Crippen LogP contribution in [0, 0.1) is 0 Å². The Balaban J connectivity index is 2.01. The lowest BCUT2D eigenvalue weighted by Crippen LogP contribution is -2.34. The van der Waals surface area contributed by atoms with Crippen molar-refractivity contribution in [2.75, 3.05) is 13.1 Å². The summed E-state index contributed by atoms with van der Waals surface area (Å²) in [6.07, 6.45) is 3.23. The zero-order valence-corrected chi connectivity index (χ0v) is 23.2. The summed E-state index contributed by atoms with van der Waals surface area (Å²) in [4.78, 5) is 28.2. The van der Waals surface area contributed by atoms with Crippen LogP contribution in [0.5, 0.6) is 23.0 Å². The minimum Gasteiger partial charge on any atom is -0.491 e. The molecule has 0 radical (unpaired) electrons. The van der Waals surface area contributed by atoms with Crippen LogP contribution in [0.15, 0.2) is 36.4 Å². The molecule has 2 aromatic carbocycles. The zero-order valence-electron chi connectivity index (χ0n) is 23.2. The highest BCUT2D eigenvalue weighted by atomic mass is 16.6. The first-order valence-electron chi connectivity index (χ1n) is 13.0. The first-order chi connectivity index (χ1) is 17.4. The third-order valence-corrected chi connectivity index (χ3v) is 5.82. The largest absolute Gasteiger partial charge is 0.491 e. The van der Waals surface area contributed by atoms with Gasteiger partial charge in [0.2, 0.25) is 0 Å². The first-order valence-corrected chi connectivity index (χ1v) is 13.0. The van der Waals surface area contributed by atoms with E-state index in [2.05, 4.69) is 0 Å². The van der Waals surface area contributed by atoms with Crippen LogP contribution in [0.25, 0.3) is 6.08 Å². The van der Waals surface area contributed by atoms with Gasteiger partial charge in [-0.3, -0.25) is 4.79 Å². The Morgan fingerprint density at radius 1 is 0.973 bits per heavy atom. The average molecular weight is 510 g/mol. The van der Waals surface area contributed by atoms with Crippen LogP contribution in [-0.4, -0.2) is 47.7 Å². The van der Waals surface area contributed by atoms with Crippen LogP contribution in [0.3, 0.4) is 0 Å². The fraction of sp³-hybridized carbons (Fsp3) is 0.467. The number of amides is 1. The van der Waals surface area contributed by atoms with Gasteiger partial charge in [0.25, 0.3) is 0 Å². The highest BCUT2D eigenvalue weighted by Gasteiger charge is 2.29. The summed E-state index contributed by atoms with van der Waals surface area (Å²) in [6.45, 7) is 16.4. The molecule has 0 N–H and O–H groups in total. The molecule has 0 unspecified atom stereocenters. The highest BCUT2D eigenvalue weighted by molar-refractivity contribution is 6.02. The van der Waals surface area contributed by atoms with Crippen molar-refractivity contribution in [2.24, 2.45) is 0 Å². The van der Waals surface area contributed by atoms with Crippen LogP contribution >= 0.6 is 0 Å². The van der Waals surface area contributed by atoms with Gasteiger partial charge in [0.05, 0.1) is 23.3 Å². The molecular formula is C30H39NO6. The number of Topliss-reactive ketones (excluding diaryl/α,β-unsaturated/α-hetero) is 1. The number of rotatable bonds is 10. The number of fused-ring (bicyclic) bond motifs is 1. The Bertz CT molecular complexity index is 1160. The van der Waals surface area contributed by atoms with Crippen LogP contribution in [0.2, 0.25) is 0 Å². The lowest BCUT2D eigenvalue weighted by molar-refractivity contribution is 0.0987. The molecule has 1 aliphatic rings. The Kier molecular flexibility index (Phi) is 8.89. The van der Waals surface area contributed by atoms with Gasteiger partial charge in [0, 0.05) is 31.1 Å². The quantitative estimate of drug-likeness (QED) is 0.331. The van der Waals surface area contributed by atoms with Gasteiger partial charge in [-0.1, -0.05) is 6.07 Å². The number of hydrogen-bond acceptors (Lipinski definition) is 6. The van der Waals surface area contributed by atoms with Crippen molar-refractivity contribution in [1.82, 2.24) is 4.90 Å². The summed E-state index contributed by atoms with van der Waals surface area (Å²) < 4.78 is 23.8. The summed E-state index contributed by atoms with van der Waals surface area (Å²) in [6, 6.07) is 8.92. The molecule has 0 bridgehead atoms. The summed E-state index contributed by atoms with van der Waals surface area (Å²) in [7, 11) is 0. The van der Waals surface area contributed by atoms with E-state index in [9.17, 15) is 9.59 Å². The molecule has 0 fully saturated rings. The van der Waals surface area contributed by atoms with Gasteiger partial charge >= 0.3 is 6.09 Å². The number of carbonyl (C=O) groups is 2. The number of hydrogen-bond donors (Lipinski definition) is 0. The van der Waals surface area contributed by atoms with Crippen molar-refractivity contribution < 1.29 is 28.5 Å². The molecule has 0 saturated carbocycles.